The van der Waals surface area contributed by atoms with Gasteiger partial charge in [0.2, 0.25) is 0 Å². The summed E-state index contributed by atoms with van der Waals surface area (Å²) in [7, 11) is 0. The minimum atomic E-state index is -0.396. The molecule has 1 aromatic carbocycles. The van der Waals surface area contributed by atoms with Gasteiger partial charge in [0.05, 0.1) is 30.4 Å². The molecule has 114 valence electrons. The van der Waals surface area contributed by atoms with Crippen molar-refractivity contribution in [2.75, 3.05) is 26.3 Å². The summed E-state index contributed by atoms with van der Waals surface area (Å²) in [5.41, 5.74) is 0.972. The number of esters is 1. The molecule has 0 saturated carbocycles. The van der Waals surface area contributed by atoms with E-state index in [4.69, 9.17) is 9.47 Å². The van der Waals surface area contributed by atoms with Crippen molar-refractivity contribution in [3.05, 3.63) is 32.9 Å². The van der Waals surface area contributed by atoms with Gasteiger partial charge in [-0.2, -0.15) is 0 Å². The number of rotatable bonds is 3. The van der Waals surface area contributed by atoms with Crippen LogP contribution in [0.1, 0.15) is 34.6 Å². The molecule has 1 aliphatic rings. The van der Waals surface area contributed by atoms with E-state index in [0.29, 0.717) is 41.0 Å². The highest BCUT2D eigenvalue weighted by Crippen LogP contribution is 2.21. The highest BCUT2D eigenvalue weighted by Gasteiger charge is 2.25. The zero-order chi connectivity index (χ0) is 15.4. The van der Waals surface area contributed by atoms with Gasteiger partial charge in [0.1, 0.15) is 0 Å². The Labute approximate surface area is 137 Å². The molecule has 1 unspecified atom stereocenters. The van der Waals surface area contributed by atoms with Gasteiger partial charge in [-0.3, -0.25) is 4.79 Å². The minimum Gasteiger partial charge on any atom is -0.462 e. The second-order valence-corrected chi connectivity index (χ2v) is 5.90. The molecule has 1 heterocycles. The largest absolute Gasteiger partial charge is 0.462 e. The van der Waals surface area contributed by atoms with E-state index in [1.807, 2.05) is 29.5 Å². The quantitative estimate of drug-likeness (QED) is 0.575. The third-order valence-electron chi connectivity index (χ3n) is 3.25. The van der Waals surface area contributed by atoms with Crippen molar-refractivity contribution in [1.82, 2.24) is 4.90 Å². The number of hydrogen-bond donors (Lipinski definition) is 0. The van der Waals surface area contributed by atoms with Crippen LogP contribution in [-0.2, 0) is 9.47 Å². The van der Waals surface area contributed by atoms with E-state index in [1.165, 1.54) is 0 Å². The molecular formula is C15H18INO4. The Morgan fingerprint density at radius 1 is 1.43 bits per heavy atom. The molecule has 0 spiro atoms. The Morgan fingerprint density at radius 2 is 2.14 bits per heavy atom. The SMILES string of the molecule is CCOC(=O)c1cccc(C(=O)N2CCOC(C)C2)c1I. The highest BCUT2D eigenvalue weighted by atomic mass is 127. The number of benzene rings is 1. The van der Waals surface area contributed by atoms with Gasteiger partial charge in [-0.1, -0.05) is 6.07 Å². The minimum absolute atomic E-state index is 0.0357. The summed E-state index contributed by atoms with van der Waals surface area (Å²) < 4.78 is 11.1. The molecule has 1 aliphatic heterocycles. The van der Waals surface area contributed by atoms with Crippen molar-refractivity contribution in [3.63, 3.8) is 0 Å². The summed E-state index contributed by atoms with van der Waals surface area (Å²) >= 11 is 2.03. The Balaban J connectivity index is 2.25. The number of carbonyl (C=O) groups is 2. The average Bonchev–Trinajstić information content (AvgIpc) is 2.47. The number of morpholine rings is 1. The van der Waals surface area contributed by atoms with Gasteiger partial charge >= 0.3 is 5.97 Å². The lowest BCUT2D eigenvalue weighted by Gasteiger charge is -2.31. The Morgan fingerprint density at radius 3 is 2.81 bits per heavy atom. The molecule has 6 heteroatoms. The number of halogens is 1. The Kier molecular flexibility index (Phi) is 5.58. The fourth-order valence-corrected chi connectivity index (χ4v) is 3.05. The van der Waals surface area contributed by atoms with Gasteiger partial charge in [0, 0.05) is 16.7 Å². The van der Waals surface area contributed by atoms with Crippen LogP contribution < -0.4 is 0 Å². The average molecular weight is 403 g/mol. The number of ether oxygens (including phenoxy) is 2. The molecule has 1 atom stereocenters. The van der Waals surface area contributed by atoms with Gasteiger partial charge < -0.3 is 14.4 Å². The van der Waals surface area contributed by atoms with Crippen molar-refractivity contribution in [2.45, 2.75) is 20.0 Å². The van der Waals surface area contributed by atoms with Crippen molar-refractivity contribution >= 4 is 34.5 Å². The van der Waals surface area contributed by atoms with E-state index in [-0.39, 0.29) is 12.0 Å². The van der Waals surface area contributed by atoms with Crippen LogP contribution in [0.3, 0.4) is 0 Å². The predicted molar refractivity (Wildman–Crippen MR) is 86.4 cm³/mol. The first-order valence-electron chi connectivity index (χ1n) is 6.91. The molecule has 1 fully saturated rings. The van der Waals surface area contributed by atoms with E-state index in [0.717, 1.165) is 0 Å². The third kappa shape index (κ3) is 3.74. The monoisotopic (exact) mass is 403 g/mol. The summed E-state index contributed by atoms with van der Waals surface area (Å²) in [4.78, 5) is 26.3. The van der Waals surface area contributed by atoms with Gasteiger partial charge in [0.15, 0.2) is 0 Å². The summed E-state index contributed by atoms with van der Waals surface area (Å²) in [6, 6.07) is 5.14. The molecule has 0 aliphatic carbocycles. The maximum atomic E-state index is 12.6. The molecule has 0 N–H and O–H groups in total. The van der Waals surface area contributed by atoms with E-state index in [2.05, 4.69) is 0 Å². The summed E-state index contributed by atoms with van der Waals surface area (Å²) in [5, 5.41) is 0. The van der Waals surface area contributed by atoms with Gasteiger partial charge in [0.25, 0.3) is 5.91 Å². The molecule has 5 nitrogen and oxygen atoms in total. The first-order valence-corrected chi connectivity index (χ1v) is 7.99. The lowest BCUT2D eigenvalue weighted by Crippen LogP contribution is -2.44. The van der Waals surface area contributed by atoms with Crippen LogP contribution in [0.4, 0.5) is 0 Å². The van der Waals surface area contributed by atoms with Crippen LogP contribution in [0.15, 0.2) is 18.2 Å². The number of carbonyl (C=O) groups excluding carboxylic acids is 2. The normalized spacial score (nSPS) is 18.4. The first kappa shape index (κ1) is 16.2. The first-order chi connectivity index (χ1) is 10.0. The van der Waals surface area contributed by atoms with Crippen LogP contribution in [0.2, 0.25) is 0 Å². The third-order valence-corrected chi connectivity index (χ3v) is 4.41. The molecular weight excluding hydrogens is 385 g/mol. The molecule has 1 amide bonds. The molecule has 1 aromatic rings. The standard InChI is InChI=1S/C15H18INO4/c1-3-20-15(19)12-6-4-5-11(13(12)16)14(18)17-7-8-21-10(2)9-17/h4-6,10H,3,7-9H2,1-2H3. The maximum absolute atomic E-state index is 12.6. The van der Waals surface area contributed by atoms with Crippen LogP contribution in [-0.4, -0.2) is 49.2 Å². The molecule has 21 heavy (non-hydrogen) atoms. The smallest absolute Gasteiger partial charge is 0.339 e. The Bertz CT molecular complexity index is 546. The lowest BCUT2D eigenvalue weighted by molar-refractivity contribution is -0.0124. The molecule has 1 saturated heterocycles. The summed E-state index contributed by atoms with van der Waals surface area (Å²) in [5.74, 6) is -0.465. The molecule has 0 bridgehead atoms. The Hall–Kier alpha value is -1.15. The zero-order valence-corrected chi connectivity index (χ0v) is 14.3. The van der Waals surface area contributed by atoms with Gasteiger partial charge in [-0.15, -0.1) is 0 Å². The van der Waals surface area contributed by atoms with Crippen LogP contribution in [0.5, 0.6) is 0 Å². The summed E-state index contributed by atoms with van der Waals surface area (Å²) in [6.45, 7) is 5.70. The van der Waals surface area contributed by atoms with Crippen molar-refractivity contribution < 1.29 is 19.1 Å². The predicted octanol–water partition coefficient (Wildman–Crippen LogP) is 2.33. The second-order valence-electron chi connectivity index (χ2n) is 4.82. The van der Waals surface area contributed by atoms with E-state index < -0.39 is 5.97 Å². The fraction of sp³-hybridized carbons (Fsp3) is 0.467. The van der Waals surface area contributed by atoms with Crippen molar-refractivity contribution in [1.29, 1.82) is 0 Å². The maximum Gasteiger partial charge on any atom is 0.339 e. The van der Waals surface area contributed by atoms with Gasteiger partial charge in [-0.05, 0) is 48.6 Å². The van der Waals surface area contributed by atoms with Crippen LogP contribution in [0, 0.1) is 3.57 Å². The van der Waals surface area contributed by atoms with E-state index >= 15 is 0 Å². The van der Waals surface area contributed by atoms with Crippen molar-refractivity contribution in [3.8, 4) is 0 Å². The lowest BCUT2D eigenvalue weighted by atomic mass is 10.1. The van der Waals surface area contributed by atoms with Crippen LogP contribution >= 0.6 is 22.6 Å². The van der Waals surface area contributed by atoms with E-state index in [9.17, 15) is 9.59 Å². The van der Waals surface area contributed by atoms with Crippen LogP contribution in [0.25, 0.3) is 0 Å². The van der Waals surface area contributed by atoms with Gasteiger partial charge in [-0.25, -0.2) is 4.79 Å². The number of amides is 1. The molecule has 0 aromatic heterocycles. The fourth-order valence-electron chi connectivity index (χ4n) is 2.24. The topological polar surface area (TPSA) is 55.8 Å². The summed E-state index contributed by atoms with van der Waals surface area (Å²) in [6.07, 6.45) is 0.0357. The number of hydrogen-bond acceptors (Lipinski definition) is 4. The highest BCUT2D eigenvalue weighted by molar-refractivity contribution is 14.1. The molecule has 2 rings (SSSR count). The van der Waals surface area contributed by atoms with Crippen molar-refractivity contribution in [2.24, 2.45) is 0 Å². The van der Waals surface area contributed by atoms with E-state index in [1.54, 1.807) is 30.0 Å². The zero-order valence-electron chi connectivity index (χ0n) is 12.1. The molecule has 0 radical (unpaired) electrons. The number of nitrogens with zero attached hydrogens (tertiary/aromatic N) is 1. The second kappa shape index (κ2) is 7.22.